The third kappa shape index (κ3) is 6.56. The Balaban J connectivity index is 2.17. The Hall–Kier alpha value is -2.41. The van der Waals surface area contributed by atoms with E-state index in [-0.39, 0.29) is 5.82 Å². The van der Waals surface area contributed by atoms with E-state index in [0.29, 0.717) is 24.6 Å². The molecule has 7 heteroatoms. The van der Waals surface area contributed by atoms with Gasteiger partial charge in [-0.1, -0.05) is 19.9 Å². The molecule has 1 N–H and O–H groups in total. The van der Waals surface area contributed by atoms with E-state index >= 15 is 0 Å². The number of hydrogen-bond acceptors (Lipinski definition) is 3. The van der Waals surface area contributed by atoms with Crippen molar-refractivity contribution in [2.24, 2.45) is 12.0 Å². The van der Waals surface area contributed by atoms with Gasteiger partial charge in [0.1, 0.15) is 5.82 Å². The Labute approximate surface area is 174 Å². The lowest BCUT2D eigenvalue weighted by Crippen LogP contribution is -2.38. The third-order valence-electron chi connectivity index (χ3n) is 4.60. The molecule has 29 heavy (non-hydrogen) atoms. The van der Waals surface area contributed by atoms with Crippen molar-refractivity contribution in [3.05, 3.63) is 52.6 Å². The van der Waals surface area contributed by atoms with E-state index in [4.69, 9.17) is 4.99 Å². The van der Waals surface area contributed by atoms with Crippen molar-refractivity contribution in [1.82, 2.24) is 24.9 Å². The summed E-state index contributed by atoms with van der Waals surface area (Å²) in [6.45, 7) is 8.95. The van der Waals surface area contributed by atoms with Gasteiger partial charge in [-0.25, -0.2) is 9.38 Å². The predicted octanol–water partition coefficient (Wildman–Crippen LogP) is 3.34. The molecule has 0 aliphatic rings. The fourth-order valence-corrected chi connectivity index (χ4v) is 3.32. The average molecular weight is 403 g/mol. The summed E-state index contributed by atoms with van der Waals surface area (Å²) in [5.41, 5.74) is 4.00. The van der Waals surface area contributed by atoms with Gasteiger partial charge in [-0.3, -0.25) is 4.68 Å². The smallest absolute Gasteiger partial charge is 0.194 e. The van der Waals surface area contributed by atoms with Crippen molar-refractivity contribution in [3.63, 3.8) is 0 Å². The molecule has 0 aliphatic heterocycles. The molecular weight excluding hydrogens is 367 g/mol. The maximum absolute atomic E-state index is 14.0. The SMILES string of the molecule is CCNC(=NCc1ccc(F)c(CN(C)C)c1)N(C)Cc1cn(C)nc1C(C)C. The normalized spacial score (nSPS) is 12.1. The third-order valence-corrected chi connectivity index (χ3v) is 4.60. The fourth-order valence-electron chi connectivity index (χ4n) is 3.32. The van der Waals surface area contributed by atoms with Crippen LogP contribution in [0.1, 0.15) is 49.1 Å². The van der Waals surface area contributed by atoms with Crippen molar-refractivity contribution in [3.8, 4) is 0 Å². The van der Waals surface area contributed by atoms with Crippen LogP contribution in [0.2, 0.25) is 0 Å². The van der Waals surface area contributed by atoms with Crippen LogP contribution in [0.4, 0.5) is 4.39 Å². The minimum Gasteiger partial charge on any atom is -0.357 e. The summed E-state index contributed by atoms with van der Waals surface area (Å²) >= 11 is 0. The molecule has 0 radical (unpaired) electrons. The lowest BCUT2D eigenvalue weighted by atomic mass is 10.1. The number of halogens is 1. The van der Waals surface area contributed by atoms with E-state index < -0.39 is 0 Å². The van der Waals surface area contributed by atoms with Gasteiger partial charge in [0.05, 0.1) is 12.2 Å². The van der Waals surface area contributed by atoms with Crippen LogP contribution in [0.15, 0.2) is 29.4 Å². The molecule has 1 aromatic heterocycles. The van der Waals surface area contributed by atoms with Crippen LogP contribution < -0.4 is 5.32 Å². The Kier molecular flexibility index (Phi) is 8.20. The zero-order valence-corrected chi connectivity index (χ0v) is 18.8. The summed E-state index contributed by atoms with van der Waals surface area (Å²) in [5, 5.41) is 7.95. The molecule has 0 amide bonds. The molecule has 0 saturated heterocycles. The number of aryl methyl sites for hydroxylation is 1. The average Bonchev–Trinajstić information content (AvgIpc) is 3.01. The molecule has 2 rings (SSSR count). The summed E-state index contributed by atoms with van der Waals surface area (Å²) in [6.07, 6.45) is 2.07. The van der Waals surface area contributed by atoms with Crippen molar-refractivity contribution in [1.29, 1.82) is 0 Å². The van der Waals surface area contributed by atoms with Gasteiger partial charge in [0.2, 0.25) is 0 Å². The van der Waals surface area contributed by atoms with E-state index in [1.807, 2.05) is 43.8 Å². The first-order valence-electron chi connectivity index (χ1n) is 10.1. The van der Waals surface area contributed by atoms with Gasteiger partial charge in [0.15, 0.2) is 5.96 Å². The molecule has 0 bridgehead atoms. The van der Waals surface area contributed by atoms with Gasteiger partial charge in [0.25, 0.3) is 0 Å². The molecular formula is C22H35FN6. The quantitative estimate of drug-likeness (QED) is 0.543. The molecule has 2 aromatic rings. The first-order chi connectivity index (χ1) is 13.7. The lowest BCUT2D eigenvalue weighted by molar-refractivity contribution is 0.392. The number of hydrogen-bond donors (Lipinski definition) is 1. The largest absolute Gasteiger partial charge is 0.357 e. The second-order valence-corrected chi connectivity index (χ2v) is 8.06. The summed E-state index contributed by atoms with van der Waals surface area (Å²) in [6, 6.07) is 5.24. The van der Waals surface area contributed by atoms with Gasteiger partial charge in [-0.2, -0.15) is 5.10 Å². The molecule has 0 unspecified atom stereocenters. The van der Waals surface area contributed by atoms with Gasteiger partial charge in [-0.15, -0.1) is 0 Å². The molecule has 1 heterocycles. The zero-order valence-electron chi connectivity index (χ0n) is 18.8. The predicted molar refractivity (Wildman–Crippen MR) is 117 cm³/mol. The zero-order chi connectivity index (χ0) is 21.6. The second-order valence-electron chi connectivity index (χ2n) is 8.06. The van der Waals surface area contributed by atoms with Crippen LogP contribution in [-0.4, -0.2) is 53.2 Å². The monoisotopic (exact) mass is 402 g/mol. The molecule has 0 saturated carbocycles. The van der Waals surface area contributed by atoms with Gasteiger partial charge >= 0.3 is 0 Å². The standard InChI is InChI=1S/C22H35FN6/c1-8-24-22(28(6)14-19-15-29(7)26-21(19)16(2)3)25-12-17-9-10-20(23)18(11-17)13-27(4)5/h9-11,15-16H,8,12-14H2,1-7H3,(H,24,25). The molecule has 160 valence electrons. The fraction of sp³-hybridized carbons (Fsp3) is 0.545. The minimum atomic E-state index is -0.173. The van der Waals surface area contributed by atoms with Crippen LogP contribution in [0.25, 0.3) is 0 Å². The van der Waals surface area contributed by atoms with Crippen molar-refractivity contribution in [2.75, 3.05) is 27.7 Å². The number of nitrogens with one attached hydrogen (secondary N) is 1. The highest BCUT2D eigenvalue weighted by Gasteiger charge is 2.15. The highest BCUT2D eigenvalue weighted by Crippen LogP contribution is 2.19. The van der Waals surface area contributed by atoms with E-state index in [0.717, 1.165) is 30.3 Å². The lowest BCUT2D eigenvalue weighted by Gasteiger charge is -2.22. The molecule has 0 spiro atoms. The Morgan fingerprint density at radius 1 is 1.21 bits per heavy atom. The van der Waals surface area contributed by atoms with Crippen LogP contribution in [0.5, 0.6) is 0 Å². The van der Waals surface area contributed by atoms with Crippen molar-refractivity contribution < 1.29 is 4.39 Å². The van der Waals surface area contributed by atoms with E-state index in [1.54, 1.807) is 6.07 Å². The summed E-state index contributed by atoms with van der Waals surface area (Å²) in [4.78, 5) is 8.85. The first-order valence-corrected chi connectivity index (χ1v) is 10.1. The Morgan fingerprint density at radius 3 is 2.55 bits per heavy atom. The molecule has 0 fully saturated rings. The number of nitrogens with zero attached hydrogens (tertiary/aromatic N) is 5. The van der Waals surface area contributed by atoms with E-state index in [9.17, 15) is 4.39 Å². The van der Waals surface area contributed by atoms with Gasteiger partial charge in [0, 0.05) is 51.1 Å². The number of benzene rings is 1. The van der Waals surface area contributed by atoms with E-state index in [2.05, 4.69) is 42.3 Å². The minimum absolute atomic E-state index is 0.173. The first kappa shape index (κ1) is 22.9. The number of guanidine groups is 1. The van der Waals surface area contributed by atoms with Crippen molar-refractivity contribution >= 4 is 5.96 Å². The van der Waals surface area contributed by atoms with Crippen LogP contribution >= 0.6 is 0 Å². The van der Waals surface area contributed by atoms with Gasteiger partial charge in [-0.05, 0) is 44.6 Å². The molecule has 0 aliphatic carbocycles. The summed E-state index contributed by atoms with van der Waals surface area (Å²) < 4.78 is 15.9. The number of rotatable bonds is 8. The number of aromatic nitrogens is 2. The van der Waals surface area contributed by atoms with Crippen LogP contribution in [-0.2, 0) is 26.7 Å². The molecule has 1 aromatic carbocycles. The maximum Gasteiger partial charge on any atom is 0.194 e. The Morgan fingerprint density at radius 2 is 1.93 bits per heavy atom. The van der Waals surface area contributed by atoms with Crippen molar-refractivity contribution in [2.45, 2.75) is 46.3 Å². The Bertz CT molecular complexity index is 825. The van der Waals surface area contributed by atoms with Gasteiger partial charge < -0.3 is 15.1 Å². The topological polar surface area (TPSA) is 48.7 Å². The summed E-state index contributed by atoms with van der Waals surface area (Å²) in [7, 11) is 7.86. The highest BCUT2D eigenvalue weighted by molar-refractivity contribution is 5.79. The van der Waals surface area contributed by atoms with E-state index in [1.165, 1.54) is 11.6 Å². The summed E-state index contributed by atoms with van der Waals surface area (Å²) in [5.74, 6) is 1.02. The molecule has 0 atom stereocenters. The second kappa shape index (κ2) is 10.4. The highest BCUT2D eigenvalue weighted by atomic mass is 19.1. The molecule has 6 nitrogen and oxygen atoms in total. The van der Waals surface area contributed by atoms with Crippen LogP contribution in [0.3, 0.4) is 0 Å². The van der Waals surface area contributed by atoms with Crippen LogP contribution in [0, 0.1) is 5.82 Å². The maximum atomic E-state index is 14.0. The number of aliphatic imine (C=N–C) groups is 1.